The number of hydrogen-bond donors (Lipinski definition) is 1. The number of nitrogens with zero attached hydrogens (tertiary/aromatic N) is 3. The molecule has 0 saturated heterocycles. The summed E-state index contributed by atoms with van der Waals surface area (Å²) < 4.78 is 1.97. The van der Waals surface area contributed by atoms with Crippen LogP contribution in [0.3, 0.4) is 0 Å². The van der Waals surface area contributed by atoms with E-state index in [9.17, 15) is 0 Å². The molecule has 1 aliphatic carbocycles. The summed E-state index contributed by atoms with van der Waals surface area (Å²) >= 11 is 0. The molecule has 1 aliphatic rings. The van der Waals surface area contributed by atoms with Gasteiger partial charge in [-0.15, -0.1) is 0 Å². The molecule has 1 aromatic rings. The second-order valence-corrected chi connectivity index (χ2v) is 6.77. The molecule has 0 atom stereocenters. The topological polar surface area (TPSA) is 42.7 Å². The average Bonchev–Trinajstić information content (AvgIpc) is 2.71. The molecule has 1 N–H and O–H groups in total. The second-order valence-electron chi connectivity index (χ2n) is 6.77. The summed E-state index contributed by atoms with van der Waals surface area (Å²) in [6, 6.07) is 0. The van der Waals surface area contributed by atoms with Crippen molar-refractivity contribution in [3.63, 3.8) is 0 Å². The van der Waals surface area contributed by atoms with Crippen LogP contribution in [0.15, 0.2) is 0 Å². The fraction of sp³-hybridized carbons (Fsp3) is 0.867. The largest absolute Gasteiger partial charge is 0.312 e. The van der Waals surface area contributed by atoms with Crippen LogP contribution in [0.2, 0.25) is 0 Å². The first-order chi connectivity index (χ1) is 8.96. The molecule has 2 rings (SSSR count). The zero-order valence-corrected chi connectivity index (χ0v) is 12.9. The average molecular weight is 264 g/mol. The summed E-state index contributed by atoms with van der Waals surface area (Å²) in [5.41, 5.74) is 0.171. The molecule has 0 bridgehead atoms. The van der Waals surface area contributed by atoms with E-state index in [0.29, 0.717) is 5.92 Å². The lowest BCUT2D eigenvalue weighted by Gasteiger charge is -2.20. The predicted molar refractivity (Wildman–Crippen MR) is 78.3 cm³/mol. The van der Waals surface area contributed by atoms with Crippen molar-refractivity contribution in [1.29, 1.82) is 0 Å². The Morgan fingerprint density at radius 3 is 2.53 bits per heavy atom. The van der Waals surface area contributed by atoms with Gasteiger partial charge in [-0.2, -0.15) is 5.10 Å². The van der Waals surface area contributed by atoms with Crippen molar-refractivity contribution in [2.24, 2.45) is 7.05 Å². The van der Waals surface area contributed by atoms with Crippen molar-refractivity contribution in [1.82, 2.24) is 20.1 Å². The van der Waals surface area contributed by atoms with Crippen LogP contribution in [0.4, 0.5) is 0 Å². The van der Waals surface area contributed by atoms with E-state index < -0.39 is 0 Å². The third kappa shape index (κ3) is 4.30. The molecule has 1 aromatic heterocycles. The van der Waals surface area contributed by atoms with Gasteiger partial charge in [0.2, 0.25) is 0 Å². The number of rotatable bonds is 4. The van der Waals surface area contributed by atoms with Gasteiger partial charge in [-0.3, -0.25) is 4.68 Å². The molecule has 0 aliphatic heterocycles. The molecule has 1 saturated carbocycles. The van der Waals surface area contributed by atoms with E-state index in [1.165, 1.54) is 32.1 Å². The Hall–Kier alpha value is -0.900. The normalized spacial score (nSPS) is 17.9. The van der Waals surface area contributed by atoms with Crippen molar-refractivity contribution in [3.8, 4) is 0 Å². The van der Waals surface area contributed by atoms with E-state index in [4.69, 9.17) is 4.98 Å². The first kappa shape index (κ1) is 14.5. The highest BCUT2D eigenvalue weighted by Gasteiger charge is 2.20. The Bertz CT molecular complexity index is 397. The highest BCUT2D eigenvalue weighted by molar-refractivity contribution is 5.01. The van der Waals surface area contributed by atoms with Gasteiger partial charge in [0.1, 0.15) is 5.82 Å². The molecule has 1 heterocycles. The highest BCUT2D eigenvalue weighted by Crippen LogP contribution is 2.30. The van der Waals surface area contributed by atoms with Crippen LogP contribution in [-0.2, 0) is 13.5 Å². The minimum atomic E-state index is 0.171. The lowest BCUT2D eigenvalue weighted by atomic mass is 9.89. The van der Waals surface area contributed by atoms with Crippen molar-refractivity contribution in [2.75, 3.05) is 6.54 Å². The highest BCUT2D eigenvalue weighted by atomic mass is 15.3. The second kappa shape index (κ2) is 6.04. The van der Waals surface area contributed by atoms with Gasteiger partial charge in [0, 0.05) is 31.5 Å². The van der Waals surface area contributed by atoms with E-state index in [1.807, 2.05) is 11.7 Å². The fourth-order valence-electron chi connectivity index (χ4n) is 2.74. The van der Waals surface area contributed by atoms with Gasteiger partial charge >= 0.3 is 0 Å². The van der Waals surface area contributed by atoms with E-state index in [2.05, 4.69) is 31.2 Å². The van der Waals surface area contributed by atoms with Crippen LogP contribution in [0.25, 0.3) is 0 Å². The van der Waals surface area contributed by atoms with Gasteiger partial charge in [-0.25, -0.2) is 4.98 Å². The third-order valence-corrected chi connectivity index (χ3v) is 3.84. The van der Waals surface area contributed by atoms with Gasteiger partial charge in [0.15, 0.2) is 5.82 Å². The first-order valence-electron chi connectivity index (χ1n) is 7.60. The molecule has 4 heteroatoms. The number of nitrogens with one attached hydrogen (secondary N) is 1. The number of aromatic nitrogens is 3. The Kier molecular flexibility index (Phi) is 4.61. The Balaban J connectivity index is 1.92. The third-order valence-electron chi connectivity index (χ3n) is 3.84. The van der Waals surface area contributed by atoms with E-state index in [0.717, 1.165) is 24.6 Å². The predicted octanol–water partition coefficient (Wildman–Crippen LogP) is 2.79. The first-order valence-corrected chi connectivity index (χ1v) is 7.60. The molecule has 1 fully saturated rings. The van der Waals surface area contributed by atoms with Crippen molar-refractivity contribution >= 4 is 0 Å². The Labute approximate surface area is 117 Å². The summed E-state index contributed by atoms with van der Waals surface area (Å²) in [6.45, 7) is 7.53. The van der Waals surface area contributed by atoms with Crippen LogP contribution in [0, 0.1) is 0 Å². The molecule has 19 heavy (non-hydrogen) atoms. The van der Waals surface area contributed by atoms with E-state index >= 15 is 0 Å². The quantitative estimate of drug-likeness (QED) is 0.909. The van der Waals surface area contributed by atoms with Crippen LogP contribution in [0.1, 0.15) is 70.4 Å². The molecule has 108 valence electrons. The zero-order chi connectivity index (χ0) is 13.9. The molecule has 0 aromatic carbocycles. The number of hydrogen-bond acceptors (Lipinski definition) is 3. The summed E-state index contributed by atoms with van der Waals surface area (Å²) in [7, 11) is 2.02. The lowest BCUT2D eigenvalue weighted by Crippen LogP contribution is -2.37. The maximum atomic E-state index is 4.76. The van der Waals surface area contributed by atoms with Crippen LogP contribution in [0.5, 0.6) is 0 Å². The summed E-state index contributed by atoms with van der Waals surface area (Å²) in [4.78, 5) is 4.76. The van der Waals surface area contributed by atoms with Gasteiger partial charge in [-0.05, 0) is 33.6 Å². The van der Waals surface area contributed by atoms with Gasteiger partial charge in [0.25, 0.3) is 0 Å². The molecule has 0 unspecified atom stereocenters. The molecule has 0 radical (unpaired) electrons. The minimum Gasteiger partial charge on any atom is -0.312 e. The lowest BCUT2D eigenvalue weighted by molar-refractivity contribution is 0.425. The Morgan fingerprint density at radius 2 is 1.89 bits per heavy atom. The molecular formula is C15H28N4. The van der Waals surface area contributed by atoms with Crippen molar-refractivity contribution in [2.45, 2.75) is 70.8 Å². The van der Waals surface area contributed by atoms with Crippen molar-refractivity contribution in [3.05, 3.63) is 11.6 Å². The van der Waals surface area contributed by atoms with Crippen LogP contribution in [-0.4, -0.2) is 26.8 Å². The standard InChI is InChI=1S/C15H28N4/c1-15(2,3)16-11-10-13-17-14(18-19(13)4)12-8-6-5-7-9-12/h12,16H,5-11H2,1-4H3. The number of aryl methyl sites for hydroxylation is 1. The maximum absolute atomic E-state index is 4.76. The van der Waals surface area contributed by atoms with E-state index in [-0.39, 0.29) is 5.54 Å². The van der Waals surface area contributed by atoms with Crippen LogP contribution < -0.4 is 5.32 Å². The molecular weight excluding hydrogens is 236 g/mol. The Morgan fingerprint density at radius 1 is 1.21 bits per heavy atom. The summed E-state index contributed by atoms with van der Waals surface area (Å²) in [6.07, 6.45) is 7.54. The van der Waals surface area contributed by atoms with Gasteiger partial charge in [0.05, 0.1) is 0 Å². The molecule has 0 amide bonds. The zero-order valence-electron chi connectivity index (χ0n) is 12.9. The summed E-state index contributed by atoms with van der Waals surface area (Å²) in [5.74, 6) is 2.79. The van der Waals surface area contributed by atoms with Crippen LogP contribution >= 0.6 is 0 Å². The molecule has 0 spiro atoms. The summed E-state index contributed by atoms with van der Waals surface area (Å²) in [5, 5.41) is 8.13. The SMILES string of the molecule is Cn1nc(C2CCCCC2)nc1CCNC(C)(C)C. The maximum Gasteiger partial charge on any atom is 0.154 e. The molecule has 4 nitrogen and oxygen atoms in total. The fourth-order valence-corrected chi connectivity index (χ4v) is 2.74. The monoisotopic (exact) mass is 264 g/mol. The van der Waals surface area contributed by atoms with Crippen molar-refractivity contribution < 1.29 is 0 Å². The van der Waals surface area contributed by atoms with Gasteiger partial charge < -0.3 is 5.32 Å². The smallest absolute Gasteiger partial charge is 0.154 e. The van der Waals surface area contributed by atoms with Gasteiger partial charge in [-0.1, -0.05) is 19.3 Å². The van der Waals surface area contributed by atoms with E-state index in [1.54, 1.807) is 0 Å². The minimum absolute atomic E-state index is 0.171.